The minimum atomic E-state index is -0.509. The smallest absolute Gasteiger partial charge is 0.280 e. The first-order valence-electron chi connectivity index (χ1n) is 11.0. The molecule has 0 unspecified atom stereocenters. The molecule has 166 valence electrons. The Morgan fingerprint density at radius 3 is 2.53 bits per heavy atom. The van der Waals surface area contributed by atoms with Gasteiger partial charge in [0.2, 0.25) is 0 Å². The van der Waals surface area contributed by atoms with Crippen molar-refractivity contribution in [2.45, 2.75) is 44.1 Å². The number of guanidine groups is 1. The van der Waals surface area contributed by atoms with Crippen LogP contribution in [0.4, 0.5) is 15.8 Å². The van der Waals surface area contributed by atoms with E-state index in [1.165, 1.54) is 6.07 Å². The quantitative estimate of drug-likeness (QED) is 0.558. The van der Waals surface area contributed by atoms with E-state index in [2.05, 4.69) is 26.3 Å². The summed E-state index contributed by atoms with van der Waals surface area (Å²) < 4.78 is 15.2. The van der Waals surface area contributed by atoms with Gasteiger partial charge in [-0.2, -0.15) is 4.99 Å². The molecule has 1 heterocycles. The van der Waals surface area contributed by atoms with Crippen LogP contribution in [0.5, 0.6) is 0 Å². The standard InChI is InChI=1S/C24H26FN5O2/c1-24(7-8-24)30-22(32)15-3-2-4-17(11-15)28-20-18(14-5-6-14)12-16(13-19(20)25)21(31)29-23-26-9-10-27-23/h2-4,11-14,28H,5-10H2,1H3,(H,30,32)(H2,26,27,29,31). The monoisotopic (exact) mass is 435 g/mol. The highest BCUT2D eigenvalue weighted by atomic mass is 19.1. The van der Waals surface area contributed by atoms with Gasteiger partial charge in [-0.25, -0.2) is 4.39 Å². The molecule has 32 heavy (non-hydrogen) atoms. The first-order chi connectivity index (χ1) is 15.4. The third-order valence-corrected chi connectivity index (χ3v) is 6.12. The molecule has 4 N–H and O–H groups in total. The maximum absolute atomic E-state index is 15.2. The van der Waals surface area contributed by atoms with Crippen LogP contribution in [0.25, 0.3) is 0 Å². The van der Waals surface area contributed by atoms with Crippen LogP contribution in [0, 0.1) is 5.82 Å². The number of carbonyl (C=O) groups is 2. The Balaban J connectivity index is 1.40. The number of rotatable bonds is 6. The first-order valence-corrected chi connectivity index (χ1v) is 11.0. The summed E-state index contributed by atoms with van der Waals surface area (Å²) in [7, 11) is 0. The van der Waals surface area contributed by atoms with Gasteiger partial charge in [0, 0.05) is 35.4 Å². The molecule has 2 aliphatic carbocycles. The molecule has 0 atom stereocenters. The summed E-state index contributed by atoms with van der Waals surface area (Å²) in [4.78, 5) is 29.1. The van der Waals surface area contributed by atoms with Crippen molar-refractivity contribution in [3.8, 4) is 0 Å². The molecule has 1 aliphatic heterocycles. The molecule has 2 aromatic rings. The van der Waals surface area contributed by atoms with Gasteiger partial charge in [-0.3, -0.25) is 9.59 Å². The summed E-state index contributed by atoms with van der Waals surface area (Å²) in [5, 5.41) is 12.1. The highest BCUT2D eigenvalue weighted by Gasteiger charge is 2.38. The second-order valence-corrected chi connectivity index (χ2v) is 9.04. The van der Waals surface area contributed by atoms with Gasteiger partial charge >= 0.3 is 0 Å². The lowest BCUT2D eigenvalue weighted by molar-refractivity contribution is 0.0934. The summed E-state index contributed by atoms with van der Waals surface area (Å²) in [5.74, 6) is -0.505. The molecule has 0 radical (unpaired) electrons. The van der Waals surface area contributed by atoms with Gasteiger partial charge in [-0.15, -0.1) is 0 Å². The van der Waals surface area contributed by atoms with Crippen molar-refractivity contribution in [2.75, 3.05) is 18.4 Å². The number of nitrogens with one attached hydrogen (secondary N) is 4. The Hall–Kier alpha value is -3.42. The lowest BCUT2D eigenvalue weighted by Crippen LogP contribution is -2.34. The van der Waals surface area contributed by atoms with Gasteiger partial charge in [0.05, 0.1) is 5.69 Å². The Bertz CT molecular complexity index is 1110. The molecule has 5 rings (SSSR count). The molecule has 1 saturated heterocycles. The van der Waals surface area contributed by atoms with Crippen molar-refractivity contribution in [1.82, 2.24) is 16.0 Å². The van der Waals surface area contributed by atoms with E-state index in [9.17, 15) is 9.59 Å². The van der Waals surface area contributed by atoms with Crippen LogP contribution in [0.2, 0.25) is 0 Å². The zero-order valence-electron chi connectivity index (χ0n) is 17.9. The van der Waals surface area contributed by atoms with Crippen molar-refractivity contribution in [3.05, 3.63) is 58.9 Å². The van der Waals surface area contributed by atoms with Crippen molar-refractivity contribution in [1.29, 1.82) is 0 Å². The number of hydrogen-bond acceptors (Lipinski definition) is 3. The number of nitrogens with zero attached hydrogens (tertiary/aromatic N) is 1. The van der Waals surface area contributed by atoms with Crippen molar-refractivity contribution >= 4 is 29.1 Å². The summed E-state index contributed by atoms with van der Waals surface area (Å²) in [6.07, 6.45) is 3.86. The van der Waals surface area contributed by atoms with E-state index in [1.54, 1.807) is 30.3 Å². The van der Waals surface area contributed by atoms with Crippen molar-refractivity contribution < 1.29 is 14.0 Å². The van der Waals surface area contributed by atoms with E-state index in [-0.39, 0.29) is 22.9 Å². The fourth-order valence-electron chi connectivity index (χ4n) is 3.81. The van der Waals surface area contributed by atoms with Gasteiger partial charge in [0.15, 0.2) is 5.96 Å². The van der Waals surface area contributed by atoms with Crippen LogP contribution in [-0.4, -0.2) is 36.4 Å². The number of amides is 2. The molecule has 2 aromatic carbocycles. The van der Waals surface area contributed by atoms with Crippen LogP contribution in [0.1, 0.15) is 64.8 Å². The molecular formula is C24H26FN5O2. The molecule has 8 heteroatoms. The lowest BCUT2D eigenvalue weighted by atomic mass is 10.0. The van der Waals surface area contributed by atoms with Gasteiger partial charge in [-0.05, 0) is 74.4 Å². The molecule has 7 nitrogen and oxygen atoms in total. The van der Waals surface area contributed by atoms with Crippen LogP contribution >= 0.6 is 0 Å². The molecular weight excluding hydrogens is 409 g/mol. The first kappa shape index (κ1) is 20.5. The Labute approximate surface area is 185 Å². The molecule has 0 aromatic heterocycles. The van der Waals surface area contributed by atoms with Crippen LogP contribution in [0.15, 0.2) is 41.4 Å². The minimum absolute atomic E-state index is 0.110. The van der Waals surface area contributed by atoms with E-state index in [0.29, 0.717) is 36.0 Å². The third-order valence-electron chi connectivity index (χ3n) is 6.12. The molecule has 2 saturated carbocycles. The van der Waals surface area contributed by atoms with E-state index < -0.39 is 11.7 Å². The van der Waals surface area contributed by atoms with E-state index in [4.69, 9.17) is 0 Å². The second-order valence-electron chi connectivity index (χ2n) is 9.04. The van der Waals surface area contributed by atoms with Crippen molar-refractivity contribution in [3.63, 3.8) is 0 Å². The fraction of sp³-hybridized carbons (Fsp3) is 0.375. The summed E-state index contributed by atoms with van der Waals surface area (Å²) >= 11 is 0. The number of halogens is 1. The van der Waals surface area contributed by atoms with Crippen molar-refractivity contribution in [2.24, 2.45) is 4.99 Å². The average Bonchev–Trinajstić information content (AvgIpc) is 3.69. The Morgan fingerprint density at radius 1 is 1.09 bits per heavy atom. The SMILES string of the molecule is CC1(NC(=O)c2cccc(Nc3c(F)cc(C(=O)N=C4NCCN4)cc3C3CC3)c2)CC1. The maximum Gasteiger partial charge on any atom is 0.280 e. The summed E-state index contributed by atoms with van der Waals surface area (Å²) in [6.45, 7) is 3.43. The van der Waals surface area contributed by atoms with E-state index in [0.717, 1.165) is 31.2 Å². The van der Waals surface area contributed by atoms with E-state index in [1.807, 2.05) is 6.92 Å². The van der Waals surface area contributed by atoms with Gasteiger partial charge in [-0.1, -0.05) is 6.07 Å². The molecule has 0 spiro atoms. The third kappa shape index (κ3) is 4.44. The van der Waals surface area contributed by atoms with Gasteiger partial charge < -0.3 is 21.3 Å². The average molecular weight is 436 g/mol. The molecule has 2 amide bonds. The number of carbonyl (C=O) groups excluding carboxylic acids is 2. The minimum Gasteiger partial charge on any atom is -0.354 e. The zero-order valence-corrected chi connectivity index (χ0v) is 17.9. The summed E-state index contributed by atoms with van der Waals surface area (Å²) in [6, 6.07) is 10.00. The molecule has 3 aliphatic rings. The number of hydrogen-bond donors (Lipinski definition) is 4. The predicted octanol–water partition coefficient (Wildman–Crippen LogP) is 3.42. The van der Waals surface area contributed by atoms with Crippen LogP contribution in [-0.2, 0) is 0 Å². The highest BCUT2D eigenvalue weighted by molar-refractivity contribution is 6.03. The molecule has 0 bridgehead atoms. The fourth-order valence-corrected chi connectivity index (χ4v) is 3.81. The topological polar surface area (TPSA) is 94.6 Å². The Morgan fingerprint density at radius 2 is 1.84 bits per heavy atom. The molecule has 3 fully saturated rings. The number of anilines is 2. The van der Waals surface area contributed by atoms with Gasteiger partial charge in [0.1, 0.15) is 5.82 Å². The highest BCUT2D eigenvalue weighted by Crippen LogP contribution is 2.45. The second kappa shape index (κ2) is 7.93. The number of aliphatic imine (C=N–C) groups is 1. The Kier molecular flexibility index (Phi) is 5.07. The van der Waals surface area contributed by atoms with Gasteiger partial charge in [0.25, 0.3) is 11.8 Å². The largest absolute Gasteiger partial charge is 0.354 e. The number of benzene rings is 2. The van der Waals surface area contributed by atoms with E-state index >= 15 is 4.39 Å². The van der Waals surface area contributed by atoms with Crippen LogP contribution in [0.3, 0.4) is 0 Å². The summed E-state index contributed by atoms with van der Waals surface area (Å²) in [5.41, 5.74) is 2.38. The normalized spacial score (nSPS) is 18.4. The zero-order chi connectivity index (χ0) is 22.3. The maximum atomic E-state index is 15.2. The predicted molar refractivity (Wildman–Crippen MR) is 121 cm³/mol. The lowest BCUT2D eigenvalue weighted by Gasteiger charge is -2.16. The van der Waals surface area contributed by atoms with Crippen LogP contribution < -0.4 is 21.3 Å².